The van der Waals surface area contributed by atoms with Gasteiger partial charge in [0.1, 0.15) is 5.35 Å². The van der Waals surface area contributed by atoms with Gasteiger partial charge in [-0.25, -0.2) is 4.98 Å². The first-order valence-electron chi connectivity index (χ1n) is 7.13. The summed E-state index contributed by atoms with van der Waals surface area (Å²) in [7, 11) is 0. The maximum atomic E-state index is 11.9. The van der Waals surface area contributed by atoms with E-state index in [1.807, 2.05) is 41.8 Å². The molecule has 0 amide bonds. The van der Waals surface area contributed by atoms with E-state index in [9.17, 15) is 9.59 Å². The summed E-state index contributed by atoms with van der Waals surface area (Å²) in [6, 6.07) is 10.0. The molecule has 0 aliphatic carbocycles. The molecule has 3 aromatic rings. The third-order valence-corrected chi connectivity index (χ3v) is 3.65. The van der Waals surface area contributed by atoms with Gasteiger partial charge in [-0.3, -0.25) is 9.59 Å². The van der Waals surface area contributed by atoms with Gasteiger partial charge in [-0.05, 0) is 18.6 Å². The molecule has 23 heavy (non-hydrogen) atoms. The minimum absolute atomic E-state index is 0.0403. The second-order valence-electron chi connectivity index (χ2n) is 5.27. The second-order valence-corrected chi connectivity index (χ2v) is 5.27. The molecule has 0 unspecified atom stereocenters. The lowest BCUT2D eigenvalue weighted by Crippen LogP contribution is -2.46. The number of rotatable bonds is 3. The van der Waals surface area contributed by atoms with E-state index < -0.39 is 11.1 Å². The molecule has 0 saturated carbocycles. The Morgan fingerprint density at radius 3 is 2.65 bits per heavy atom. The number of hydrogen-bond donors (Lipinski definition) is 2. The van der Waals surface area contributed by atoms with Crippen LogP contribution in [0.2, 0.25) is 0 Å². The van der Waals surface area contributed by atoms with Crippen LogP contribution in [0.1, 0.15) is 17.0 Å². The van der Waals surface area contributed by atoms with Crippen molar-refractivity contribution in [1.29, 1.82) is 0 Å². The highest BCUT2D eigenvalue weighted by Gasteiger charge is 2.05. The second kappa shape index (κ2) is 5.92. The van der Waals surface area contributed by atoms with E-state index in [-0.39, 0.29) is 10.7 Å². The molecule has 2 N–H and O–H groups in total. The first kappa shape index (κ1) is 14.8. The predicted molar refractivity (Wildman–Crippen MR) is 88.5 cm³/mol. The van der Waals surface area contributed by atoms with Crippen LogP contribution in [-0.2, 0) is 6.54 Å². The summed E-state index contributed by atoms with van der Waals surface area (Å²) in [5.41, 5.74) is 1.89. The Hall–Kier alpha value is -3.15. The van der Waals surface area contributed by atoms with Gasteiger partial charge in [-0.1, -0.05) is 36.9 Å². The van der Waals surface area contributed by atoms with E-state index >= 15 is 0 Å². The molecule has 0 radical (unpaired) electrons. The molecule has 0 spiro atoms. The molecule has 6 heteroatoms. The first-order chi connectivity index (χ1) is 11.0. The van der Waals surface area contributed by atoms with Crippen LogP contribution >= 0.6 is 0 Å². The Bertz CT molecular complexity index is 1060. The summed E-state index contributed by atoms with van der Waals surface area (Å²) in [6.07, 6.45) is 3.28. The Balaban J connectivity index is 2.02. The molecule has 0 bridgehead atoms. The standard InChI is InChI=1S/C17H16N4O2/c1-11-16(22)20-15(17(23)19-11)8-14-12(2)21(10-18-14)9-13-6-4-3-5-7-13/h3-8,10H,1,9H2,2H3,(H,19,23)(H,20,22). The number of aromatic nitrogens is 4. The van der Waals surface area contributed by atoms with E-state index in [4.69, 9.17) is 0 Å². The molecule has 6 nitrogen and oxygen atoms in total. The Labute approximate surface area is 131 Å². The zero-order valence-corrected chi connectivity index (χ0v) is 12.7. The van der Waals surface area contributed by atoms with Gasteiger partial charge >= 0.3 is 0 Å². The summed E-state index contributed by atoms with van der Waals surface area (Å²) in [5, 5.41) is 0.203. The fourth-order valence-corrected chi connectivity index (χ4v) is 2.29. The van der Waals surface area contributed by atoms with E-state index in [2.05, 4.69) is 21.5 Å². The van der Waals surface area contributed by atoms with Crippen molar-refractivity contribution < 1.29 is 0 Å². The Morgan fingerprint density at radius 1 is 1.17 bits per heavy atom. The van der Waals surface area contributed by atoms with Crippen molar-refractivity contribution in [1.82, 2.24) is 19.5 Å². The number of hydrogen-bond acceptors (Lipinski definition) is 3. The molecule has 1 aromatic carbocycles. The molecule has 0 fully saturated rings. The molecular weight excluding hydrogens is 292 g/mol. The SMILES string of the molecule is C=c1[nH]c(=O)c(=Cc2ncn(Cc3ccccc3)c2C)[nH]c1=O. The monoisotopic (exact) mass is 308 g/mol. The van der Waals surface area contributed by atoms with Crippen molar-refractivity contribution in [3.8, 4) is 0 Å². The van der Waals surface area contributed by atoms with Crippen LogP contribution in [0.5, 0.6) is 0 Å². The van der Waals surface area contributed by atoms with Gasteiger partial charge in [0.15, 0.2) is 0 Å². The van der Waals surface area contributed by atoms with E-state index in [1.165, 1.54) is 0 Å². The van der Waals surface area contributed by atoms with Gasteiger partial charge in [-0.2, -0.15) is 0 Å². The van der Waals surface area contributed by atoms with Crippen LogP contribution in [0.4, 0.5) is 0 Å². The average molecular weight is 308 g/mol. The largest absolute Gasteiger partial charge is 0.330 e. The number of aromatic amines is 2. The maximum absolute atomic E-state index is 11.9. The van der Waals surface area contributed by atoms with Gasteiger partial charge < -0.3 is 14.5 Å². The topological polar surface area (TPSA) is 83.5 Å². The lowest BCUT2D eigenvalue weighted by atomic mass is 10.2. The van der Waals surface area contributed by atoms with Crippen molar-refractivity contribution in [3.05, 3.63) is 85.0 Å². The lowest BCUT2D eigenvalue weighted by molar-refractivity contribution is 0.770. The highest BCUT2D eigenvalue weighted by molar-refractivity contribution is 5.46. The highest BCUT2D eigenvalue weighted by Crippen LogP contribution is 2.10. The summed E-state index contributed by atoms with van der Waals surface area (Å²) >= 11 is 0. The number of nitrogens with one attached hydrogen (secondary N) is 2. The third-order valence-electron chi connectivity index (χ3n) is 3.65. The van der Waals surface area contributed by atoms with Gasteiger partial charge in [0.25, 0.3) is 11.1 Å². The maximum Gasteiger partial charge on any atom is 0.272 e. The normalized spacial score (nSPS) is 11.8. The molecule has 2 heterocycles. The molecule has 0 saturated heterocycles. The first-order valence-corrected chi connectivity index (χ1v) is 7.13. The van der Waals surface area contributed by atoms with Crippen molar-refractivity contribution in [2.75, 3.05) is 0 Å². The van der Waals surface area contributed by atoms with Crippen molar-refractivity contribution in [2.24, 2.45) is 0 Å². The van der Waals surface area contributed by atoms with E-state index in [0.29, 0.717) is 12.2 Å². The minimum Gasteiger partial charge on any atom is -0.330 e. The zero-order valence-electron chi connectivity index (χ0n) is 12.7. The fourth-order valence-electron chi connectivity index (χ4n) is 2.29. The number of benzene rings is 1. The van der Waals surface area contributed by atoms with Crippen LogP contribution in [0.15, 0.2) is 46.2 Å². The summed E-state index contributed by atoms with van der Waals surface area (Å²) in [4.78, 5) is 32.7. The van der Waals surface area contributed by atoms with Crippen LogP contribution in [0, 0.1) is 6.92 Å². The van der Waals surface area contributed by atoms with Crippen LogP contribution < -0.4 is 21.8 Å². The quantitative estimate of drug-likeness (QED) is 0.706. The predicted octanol–water partition coefficient (Wildman–Crippen LogP) is -0.144. The molecule has 0 aliphatic heterocycles. The summed E-state index contributed by atoms with van der Waals surface area (Å²) in [5.74, 6) is 0. The molecular formula is C17H16N4O2. The fraction of sp³-hybridized carbons (Fsp3) is 0.118. The minimum atomic E-state index is -0.419. The Morgan fingerprint density at radius 2 is 1.91 bits per heavy atom. The van der Waals surface area contributed by atoms with E-state index in [0.717, 1.165) is 11.3 Å². The van der Waals surface area contributed by atoms with Crippen LogP contribution in [0.25, 0.3) is 12.7 Å². The average Bonchev–Trinajstić information content (AvgIpc) is 2.87. The molecule has 0 atom stereocenters. The number of nitrogens with zero attached hydrogens (tertiary/aromatic N) is 2. The summed E-state index contributed by atoms with van der Waals surface area (Å²) < 4.78 is 1.99. The van der Waals surface area contributed by atoms with Crippen LogP contribution in [-0.4, -0.2) is 19.5 Å². The number of imidazole rings is 1. The van der Waals surface area contributed by atoms with Gasteiger partial charge in [-0.15, -0.1) is 0 Å². The molecule has 116 valence electrons. The van der Waals surface area contributed by atoms with Crippen molar-refractivity contribution >= 4 is 12.7 Å². The van der Waals surface area contributed by atoms with Crippen LogP contribution in [0.3, 0.4) is 0 Å². The van der Waals surface area contributed by atoms with Gasteiger partial charge in [0.2, 0.25) is 0 Å². The Kier molecular flexibility index (Phi) is 3.80. The van der Waals surface area contributed by atoms with Crippen molar-refractivity contribution in [3.63, 3.8) is 0 Å². The molecule has 0 aliphatic rings. The zero-order chi connectivity index (χ0) is 16.4. The molecule has 2 aromatic heterocycles. The summed E-state index contributed by atoms with van der Waals surface area (Å²) in [6.45, 7) is 6.08. The van der Waals surface area contributed by atoms with Crippen molar-refractivity contribution in [2.45, 2.75) is 13.5 Å². The number of H-pyrrole nitrogens is 2. The lowest BCUT2D eigenvalue weighted by Gasteiger charge is -2.05. The third kappa shape index (κ3) is 3.06. The van der Waals surface area contributed by atoms with Gasteiger partial charge in [0, 0.05) is 12.2 Å². The smallest absolute Gasteiger partial charge is 0.272 e. The molecule has 3 rings (SSSR count). The highest BCUT2D eigenvalue weighted by atomic mass is 16.1. The van der Waals surface area contributed by atoms with E-state index in [1.54, 1.807) is 12.4 Å². The van der Waals surface area contributed by atoms with Gasteiger partial charge in [0.05, 0.1) is 17.4 Å².